The van der Waals surface area contributed by atoms with E-state index in [0.717, 1.165) is 17.1 Å². The molecule has 0 saturated heterocycles. The van der Waals surface area contributed by atoms with Crippen molar-refractivity contribution in [2.24, 2.45) is 30.7 Å². The zero-order valence-electron chi connectivity index (χ0n) is 15.5. The molecular weight excluding hydrogens is 564 g/mol. The van der Waals surface area contributed by atoms with Crippen LogP contribution in [0.25, 0.3) is 0 Å². The van der Waals surface area contributed by atoms with Crippen LogP contribution < -0.4 is 50.9 Å². The van der Waals surface area contributed by atoms with Crippen molar-refractivity contribution in [2.45, 2.75) is 61.9 Å². The summed E-state index contributed by atoms with van der Waals surface area (Å²) in [7, 11) is 0. The predicted octanol–water partition coefficient (Wildman–Crippen LogP) is -3.91. The minimum Gasteiger partial charge on any atom is -1.00 e. The van der Waals surface area contributed by atoms with E-state index in [9.17, 15) is 0 Å². The first-order chi connectivity index (χ1) is 10.6. The van der Waals surface area contributed by atoms with Crippen LogP contribution in [0.15, 0.2) is 66.0 Å². The number of nitrogens with zero attached hydrogens (tertiary/aromatic N) is 6. The largest absolute Gasteiger partial charge is 1.00 e. The van der Waals surface area contributed by atoms with Gasteiger partial charge in [0.2, 0.25) is 0 Å². The average molecular weight is 585 g/mol. The van der Waals surface area contributed by atoms with Crippen LogP contribution in [0, 0.1) is 0 Å². The molecule has 0 aliphatic carbocycles. The van der Waals surface area contributed by atoms with E-state index in [0.29, 0.717) is 0 Å². The maximum atomic E-state index is 4.62. The van der Waals surface area contributed by atoms with Gasteiger partial charge in [0.25, 0.3) is 0 Å². The van der Waals surface area contributed by atoms with Crippen LogP contribution in [0.2, 0.25) is 3.72 Å². The Morgan fingerprint density at radius 2 is 0.885 bits per heavy atom. The summed E-state index contributed by atoms with van der Waals surface area (Å²) in [5, 5.41) is 26.8. The maximum absolute atomic E-state index is 4.62. The molecule has 3 aliphatic rings. The molecule has 0 spiro atoms. The van der Waals surface area contributed by atoms with Crippen molar-refractivity contribution >= 4 is 0 Å². The monoisotopic (exact) mass is 582 g/mol. The third-order valence-electron chi connectivity index (χ3n) is 4.99. The number of allylic oxidation sites excluding steroid dienone is 3. The van der Waals surface area contributed by atoms with Crippen molar-refractivity contribution in [1.29, 1.82) is 0 Å². The average Bonchev–Trinajstić information content (AvgIpc) is 3.10. The number of hydrogen-bond donors (Lipinski definition) is 0. The van der Waals surface area contributed by atoms with Crippen molar-refractivity contribution in [2.75, 3.05) is 0 Å². The van der Waals surface area contributed by atoms with Gasteiger partial charge in [-0.3, -0.25) is 0 Å². The normalized spacial score (nSPS) is 36.4. The zero-order chi connectivity index (χ0) is 17.1. The summed E-state index contributed by atoms with van der Waals surface area (Å²) in [6, 6.07) is 0. The van der Waals surface area contributed by atoms with Gasteiger partial charge in [-0.05, 0) is 0 Å². The second-order valence-electron chi connectivity index (χ2n) is 7.15. The van der Waals surface area contributed by atoms with Gasteiger partial charge < -0.3 is 50.9 Å². The van der Waals surface area contributed by atoms with Gasteiger partial charge in [0.1, 0.15) is 0 Å². The van der Waals surface area contributed by atoms with E-state index in [1.54, 1.807) is 0 Å². The molecule has 6 nitrogen and oxygen atoms in total. The SMILES string of the molecule is CC1=CC(C)([C]([Ti+3])(C2(C)C=C(C)N=N2)C2(C)C=C(C)N=N2)N=N1.[Br-].[Br-].[Br-]. The fourth-order valence-corrected chi connectivity index (χ4v) is 4.60. The van der Waals surface area contributed by atoms with Crippen LogP contribution in [0.1, 0.15) is 41.5 Å². The third-order valence-corrected chi connectivity index (χ3v) is 7.36. The summed E-state index contributed by atoms with van der Waals surface area (Å²) in [4.78, 5) is 0. The molecule has 0 saturated carbocycles. The molecule has 0 aromatic heterocycles. The zero-order valence-corrected chi connectivity index (χ0v) is 21.9. The first kappa shape index (κ1) is 26.2. The van der Waals surface area contributed by atoms with Gasteiger partial charge in [-0.1, -0.05) is 0 Å². The summed E-state index contributed by atoms with van der Waals surface area (Å²) in [6.07, 6.45) is 6.33. The smallest absolute Gasteiger partial charge is 1.00 e. The van der Waals surface area contributed by atoms with E-state index in [1.807, 2.05) is 20.8 Å². The van der Waals surface area contributed by atoms with Crippen molar-refractivity contribution in [3.8, 4) is 0 Å². The maximum Gasteiger partial charge on any atom is -1.00 e. The summed E-state index contributed by atoms with van der Waals surface area (Å²) < 4.78 is -0.517. The Kier molecular flexibility index (Phi) is 8.33. The van der Waals surface area contributed by atoms with E-state index in [1.165, 1.54) is 0 Å². The fraction of sp³-hybridized carbons (Fsp3) is 0.625. The van der Waals surface area contributed by atoms with Gasteiger partial charge in [0, 0.05) is 0 Å². The molecule has 0 aromatic carbocycles. The second-order valence-corrected chi connectivity index (χ2v) is 8.32. The van der Waals surface area contributed by atoms with Crippen molar-refractivity contribution < 1.29 is 71.4 Å². The molecule has 0 radical (unpaired) electrons. The molecule has 0 bridgehead atoms. The van der Waals surface area contributed by atoms with Crippen LogP contribution in [0.4, 0.5) is 0 Å². The van der Waals surface area contributed by atoms with Crippen molar-refractivity contribution in [1.82, 2.24) is 0 Å². The van der Waals surface area contributed by atoms with E-state index >= 15 is 0 Å². The molecule has 0 amide bonds. The molecule has 0 fully saturated rings. The number of halogens is 3. The van der Waals surface area contributed by atoms with E-state index < -0.39 is 20.3 Å². The first-order valence-electron chi connectivity index (χ1n) is 7.67. The van der Waals surface area contributed by atoms with Gasteiger partial charge in [0.05, 0.1) is 0 Å². The topological polar surface area (TPSA) is 74.2 Å². The van der Waals surface area contributed by atoms with Crippen molar-refractivity contribution in [3.05, 3.63) is 35.3 Å². The molecule has 26 heavy (non-hydrogen) atoms. The molecule has 140 valence electrons. The standard InChI is InChI=1S/C16H21N6.3BrH.Ti/c1-10-7-14(4,20-17-10)13(15(5)8-11(2)18-21-15)16(6)9-12(3)19-22-16;;;;/h7-9H,1-6H3;3*1H;/q;;;;+3/p-3. The van der Waals surface area contributed by atoms with Crippen LogP contribution in [-0.4, -0.2) is 16.6 Å². The van der Waals surface area contributed by atoms with Gasteiger partial charge in [0.15, 0.2) is 0 Å². The Morgan fingerprint density at radius 3 is 1.04 bits per heavy atom. The molecule has 3 rings (SSSR count). The molecule has 3 atom stereocenters. The Morgan fingerprint density at radius 1 is 0.654 bits per heavy atom. The fourth-order valence-electron chi connectivity index (χ4n) is 4.03. The van der Waals surface area contributed by atoms with E-state index in [-0.39, 0.29) is 50.9 Å². The molecule has 3 unspecified atom stereocenters. The van der Waals surface area contributed by atoms with Crippen LogP contribution in [-0.2, 0) is 20.4 Å². The molecular formula is C16H21Br3N6Ti. The Labute approximate surface area is 198 Å². The minimum atomic E-state index is -0.555. The van der Waals surface area contributed by atoms with Crippen molar-refractivity contribution in [3.63, 3.8) is 0 Å². The summed E-state index contributed by atoms with van der Waals surface area (Å²) >= 11 is 2.17. The Balaban J connectivity index is 0.00000208. The second kappa shape index (κ2) is 8.27. The molecule has 10 heteroatoms. The summed E-state index contributed by atoms with van der Waals surface area (Å²) in [5.41, 5.74) is 1.08. The van der Waals surface area contributed by atoms with E-state index in [4.69, 9.17) is 0 Å². The minimum absolute atomic E-state index is 0. The molecule has 0 N–H and O–H groups in total. The number of azo groups is 3. The van der Waals surface area contributed by atoms with Crippen LogP contribution >= 0.6 is 0 Å². The molecule has 0 aromatic rings. The van der Waals surface area contributed by atoms with Crippen LogP contribution in [0.3, 0.4) is 0 Å². The number of hydrogen-bond acceptors (Lipinski definition) is 6. The Hall–Kier alpha value is 0.174. The van der Waals surface area contributed by atoms with Gasteiger partial charge in [-0.25, -0.2) is 0 Å². The Bertz CT molecular complexity index is 661. The van der Waals surface area contributed by atoms with Gasteiger partial charge in [-0.2, -0.15) is 0 Å². The summed E-state index contributed by atoms with van der Waals surface area (Å²) in [5.74, 6) is 0. The predicted molar refractivity (Wildman–Crippen MR) is 83.7 cm³/mol. The summed E-state index contributed by atoms with van der Waals surface area (Å²) in [6.45, 7) is 12.2. The van der Waals surface area contributed by atoms with Gasteiger partial charge in [-0.15, -0.1) is 0 Å². The quantitative estimate of drug-likeness (QED) is 0.304. The van der Waals surface area contributed by atoms with Gasteiger partial charge >= 0.3 is 148 Å². The van der Waals surface area contributed by atoms with Crippen LogP contribution in [0.5, 0.6) is 0 Å². The third kappa shape index (κ3) is 3.59. The first-order valence-corrected chi connectivity index (χ1v) is 8.45. The molecule has 3 heterocycles. The number of rotatable bonds is 3. The van der Waals surface area contributed by atoms with E-state index in [2.05, 4.69) is 90.1 Å². The molecule has 3 aliphatic heterocycles.